The molecule has 0 radical (unpaired) electrons. The highest BCUT2D eigenvalue weighted by Gasteiger charge is 2.57. The molecule has 7 heteroatoms. The number of aryl methyl sites for hydroxylation is 1. The van der Waals surface area contributed by atoms with E-state index >= 15 is 0 Å². The van der Waals surface area contributed by atoms with E-state index in [0.29, 0.717) is 23.8 Å². The minimum atomic E-state index is -1.01. The van der Waals surface area contributed by atoms with Crippen LogP contribution in [0.25, 0.3) is 0 Å². The van der Waals surface area contributed by atoms with Gasteiger partial charge in [0.05, 0.1) is 0 Å². The first-order valence-corrected chi connectivity index (χ1v) is 10.9. The number of fused-ring (bicyclic) bond motifs is 5. The fourth-order valence-corrected chi connectivity index (χ4v) is 4.92. The zero-order chi connectivity index (χ0) is 22.6. The van der Waals surface area contributed by atoms with Gasteiger partial charge in [0.25, 0.3) is 0 Å². The van der Waals surface area contributed by atoms with Crippen molar-refractivity contribution in [2.75, 3.05) is 24.8 Å². The SMILES string of the molecule is Cc1ccccc1CNC(=O)CN1C(=O)C2(COc3cc4c(cc32)OCO4)c2ccccc21. The number of para-hydroxylation sites is 1. The molecule has 3 aromatic carbocycles. The highest BCUT2D eigenvalue weighted by molar-refractivity contribution is 6.13. The van der Waals surface area contributed by atoms with Gasteiger partial charge in [0.1, 0.15) is 24.3 Å². The number of amides is 2. The predicted molar refractivity (Wildman–Crippen MR) is 121 cm³/mol. The van der Waals surface area contributed by atoms with Gasteiger partial charge < -0.3 is 24.4 Å². The molecule has 3 heterocycles. The van der Waals surface area contributed by atoms with Crippen molar-refractivity contribution < 1.29 is 23.8 Å². The summed E-state index contributed by atoms with van der Waals surface area (Å²) in [6, 6.07) is 19.1. The van der Waals surface area contributed by atoms with Crippen molar-refractivity contribution in [3.05, 3.63) is 82.9 Å². The molecule has 3 aromatic rings. The molecule has 0 saturated carbocycles. The molecule has 166 valence electrons. The van der Waals surface area contributed by atoms with Crippen molar-refractivity contribution in [3.63, 3.8) is 0 Å². The largest absolute Gasteiger partial charge is 0.491 e. The van der Waals surface area contributed by atoms with Gasteiger partial charge in [-0.3, -0.25) is 9.59 Å². The molecule has 1 atom stereocenters. The number of carbonyl (C=O) groups is 2. The second kappa shape index (κ2) is 7.27. The lowest BCUT2D eigenvalue weighted by Gasteiger charge is -2.23. The first kappa shape index (κ1) is 19.7. The van der Waals surface area contributed by atoms with Crippen LogP contribution in [0.4, 0.5) is 5.69 Å². The fraction of sp³-hybridized carbons (Fsp3) is 0.231. The minimum Gasteiger partial charge on any atom is -0.491 e. The first-order chi connectivity index (χ1) is 16.1. The van der Waals surface area contributed by atoms with Crippen molar-refractivity contribution >= 4 is 17.5 Å². The van der Waals surface area contributed by atoms with E-state index in [1.807, 2.05) is 61.5 Å². The summed E-state index contributed by atoms with van der Waals surface area (Å²) in [5.41, 5.74) is 3.44. The van der Waals surface area contributed by atoms with Crippen molar-refractivity contribution in [2.45, 2.75) is 18.9 Å². The molecular weight excluding hydrogens is 420 g/mol. The molecule has 3 aliphatic heterocycles. The maximum absolute atomic E-state index is 13.9. The van der Waals surface area contributed by atoms with E-state index in [4.69, 9.17) is 14.2 Å². The number of anilines is 1. The standard InChI is InChI=1S/C26H22N2O5/c1-16-6-2-3-7-17(16)12-27-24(29)13-28-20-9-5-4-8-18(20)26(25(28)30)14-31-21-11-23-22(10-19(21)26)32-15-33-23/h2-11H,12-15H2,1H3,(H,27,29). The Kier molecular flexibility index (Phi) is 4.33. The topological polar surface area (TPSA) is 77.1 Å². The Morgan fingerprint density at radius 1 is 0.970 bits per heavy atom. The van der Waals surface area contributed by atoms with E-state index in [1.54, 1.807) is 11.0 Å². The van der Waals surface area contributed by atoms with E-state index < -0.39 is 5.41 Å². The van der Waals surface area contributed by atoms with Crippen LogP contribution in [0.5, 0.6) is 17.2 Å². The van der Waals surface area contributed by atoms with E-state index in [1.165, 1.54) is 0 Å². The number of carbonyl (C=O) groups excluding carboxylic acids is 2. The maximum atomic E-state index is 13.9. The third-order valence-corrected chi connectivity index (χ3v) is 6.68. The molecule has 2 amide bonds. The fourth-order valence-electron chi connectivity index (χ4n) is 4.92. The maximum Gasteiger partial charge on any atom is 0.246 e. The molecule has 0 aromatic heterocycles. The number of benzene rings is 3. The highest BCUT2D eigenvalue weighted by atomic mass is 16.7. The third-order valence-electron chi connectivity index (χ3n) is 6.68. The predicted octanol–water partition coefficient (Wildman–Crippen LogP) is 3.07. The lowest BCUT2D eigenvalue weighted by molar-refractivity contribution is -0.125. The van der Waals surface area contributed by atoms with Crippen LogP contribution >= 0.6 is 0 Å². The van der Waals surface area contributed by atoms with Gasteiger partial charge in [0, 0.05) is 23.9 Å². The average molecular weight is 442 g/mol. The first-order valence-electron chi connectivity index (χ1n) is 10.9. The van der Waals surface area contributed by atoms with Crippen LogP contribution in [-0.4, -0.2) is 31.8 Å². The van der Waals surface area contributed by atoms with Gasteiger partial charge in [-0.25, -0.2) is 0 Å². The summed E-state index contributed by atoms with van der Waals surface area (Å²) in [5.74, 6) is 1.42. The van der Waals surface area contributed by atoms with Crippen LogP contribution in [0.3, 0.4) is 0 Å². The summed E-state index contributed by atoms with van der Waals surface area (Å²) in [5, 5.41) is 2.95. The van der Waals surface area contributed by atoms with Crippen LogP contribution in [0.15, 0.2) is 60.7 Å². The lowest BCUT2D eigenvalue weighted by atomic mass is 9.77. The number of ether oxygens (including phenoxy) is 3. The number of hydrogen-bond donors (Lipinski definition) is 1. The second-order valence-corrected chi connectivity index (χ2v) is 8.51. The zero-order valence-electron chi connectivity index (χ0n) is 18.1. The van der Waals surface area contributed by atoms with Gasteiger partial charge in [0.2, 0.25) is 18.6 Å². The van der Waals surface area contributed by atoms with Gasteiger partial charge in [-0.05, 0) is 35.7 Å². The number of hydrogen-bond acceptors (Lipinski definition) is 5. The molecule has 6 rings (SSSR count). The molecule has 0 fully saturated rings. The highest BCUT2D eigenvalue weighted by Crippen LogP contribution is 2.54. The summed E-state index contributed by atoms with van der Waals surface area (Å²) >= 11 is 0. The number of nitrogens with zero attached hydrogens (tertiary/aromatic N) is 1. The van der Waals surface area contributed by atoms with Crippen LogP contribution in [0.2, 0.25) is 0 Å². The van der Waals surface area contributed by atoms with Crippen LogP contribution in [0.1, 0.15) is 22.3 Å². The molecule has 3 aliphatic rings. The minimum absolute atomic E-state index is 0.0661. The monoisotopic (exact) mass is 442 g/mol. The Morgan fingerprint density at radius 3 is 2.58 bits per heavy atom. The Balaban J connectivity index is 1.31. The molecular formula is C26H22N2O5. The van der Waals surface area contributed by atoms with Crippen LogP contribution in [0, 0.1) is 6.92 Å². The summed E-state index contributed by atoms with van der Waals surface area (Å²) in [4.78, 5) is 28.3. The van der Waals surface area contributed by atoms with Gasteiger partial charge in [-0.15, -0.1) is 0 Å². The molecule has 1 unspecified atom stereocenters. The summed E-state index contributed by atoms with van der Waals surface area (Å²) in [7, 11) is 0. The molecule has 1 N–H and O–H groups in total. The smallest absolute Gasteiger partial charge is 0.246 e. The third kappa shape index (κ3) is 2.88. The van der Waals surface area contributed by atoms with Crippen LogP contribution in [-0.2, 0) is 21.5 Å². The van der Waals surface area contributed by atoms with Gasteiger partial charge in [0.15, 0.2) is 11.5 Å². The normalized spacial score (nSPS) is 19.4. The number of rotatable bonds is 4. The molecule has 0 saturated heterocycles. The zero-order valence-corrected chi connectivity index (χ0v) is 18.1. The van der Waals surface area contributed by atoms with Gasteiger partial charge in [-0.1, -0.05) is 42.5 Å². The Labute approximate surface area is 190 Å². The van der Waals surface area contributed by atoms with Crippen molar-refractivity contribution in [3.8, 4) is 17.2 Å². The van der Waals surface area contributed by atoms with Crippen LogP contribution < -0.4 is 24.4 Å². The van der Waals surface area contributed by atoms with E-state index in [9.17, 15) is 9.59 Å². The Morgan fingerprint density at radius 2 is 1.73 bits per heavy atom. The van der Waals surface area contributed by atoms with E-state index in [-0.39, 0.29) is 31.8 Å². The van der Waals surface area contributed by atoms with Gasteiger partial charge in [-0.2, -0.15) is 0 Å². The number of nitrogens with one attached hydrogen (secondary N) is 1. The average Bonchev–Trinajstić information content (AvgIpc) is 3.50. The van der Waals surface area contributed by atoms with E-state index in [0.717, 1.165) is 27.9 Å². The van der Waals surface area contributed by atoms with Gasteiger partial charge >= 0.3 is 0 Å². The van der Waals surface area contributed by atoms with Crippen molar-refractivity contribution in [1.29, 1.82) is 0 Å². The Hall–Kier alpha value is -4.00. The molecule has 7 nitrogen and oxygen atoms in total. The summed E-state index contributed by atoms with van der Waals surface area (Å²) < 4.78 is 17.0. The molecule has 0 bridgehead atoms. The summed E-state index contributed by atoms with van der Waals surface area (Å²) in [6.07, 6.45) is 0. The molecule has 1 spiro atoms. The quantitative estimate of drug-likeness (QED) is 0.672. The molecule has 33 heavy (non-hydrogen) atoms. The summed E-state index contributed by atoms with van der Waals surface area (Å²) in [6.45, 7) is 2.67. The van der Waals surface area contributed by atoms with Crippen molar-refractivity contribution in [1.82, 2.24) is 5.32 Å². The van der Waals surface area contributed by atoms with E-state index in [2.05, 4.69) is 5.32 Å². The lowest BCUT2D eigenvalue weighted by Crippen LogP contribution is -2.46. The Bertz CT molecular complexity index is 1300. The van der Waals surface area contributed by atoms with Crippen molar-refractivity contribution in [2.24, 2.45) is 0 Å². The second-order valence-electron chi connectivity index (χ2n) is 8.51. The molecule has 0 aliphatic carbocycles.